The highest BCUT2D eigenvalue weighted by atomic mass is 32.1. The van der Waals surface area contributed by atoms with E-state index in [-0.39, 0.29) is 11.8 Å². The average Bonchev–Trinajstić information content (AvgIpc) is 3.16. The van der Waals surface area contributed by atoms with E-state index in [4.69, 9.17) is 5.73 Å². The van der Waals surface area contributed by atoms with Crippen LogP contribution in [0.15, 0.2) is 30.7 Å². The van der Waals surface area contributed by atoms with Crippen molar-refractivity contribution in [1.29, 1.82) is 0 Å². The molecule has 8 heteroatoms. The van der Waals surface area contributed by atoms with Gasteiger partial charge in [-0.3, -0.25) is 4.79 Å². The molecule has 7 nitrogen and oxygen atoms in total. The number of aryl methyl sites for hydroxylation is 1. The number of nitrogens with one attached hydrogen (secondary N) is 1. The minimum absolute atomic E-state index is 0.0257. The van der Waals surface area contributed by atoms with Gasteiger partial charge >= 0.3 is 0 Å². The van der Waals surface area contributed by atoms with Crippen LogP contribution in [-0.4, -0.2) is 33.9 Å². The molecule has 0 aliphatic carbocycles. The van der Waals surface area contributed by atoms with E-state index in [1.54, 1.807) is 17.7 Å². The van der Waals surface area contributed by atoms with Gasteiger partial charge in [0.1, 0.15) is 22.8 Å². The minimum atomic E-state index is -0.197. The van der Waals surface area contributed by atoms with Gasteiger partial charge in [-0.05, 0) is 31.4 Å². The van der Waals surface area contributed by atoms with Crippen LogP contribution in [0.1, 0.15) is 30.2 Å². The Balaban J connectivity index is 1.51. The summed E-state index contributed by atoms with van der Waals surface area (Å²) in [7, 11) is 0. The number of hydrogen-bond donors (Lipinski definition) is 2. The second-order valence-corrected chi connectivity index (χ2v) is 8.13. The number of nitrogens with two attached hydrogens (primary N) is 1. The molecule has 0 saturated carbocycles. The summed E-state index contributed by atoms with van der Waals surface area (Å²) >= 11 is 1.71. The van der Waals surface area contributed by atoms with E-state index in [2.05, 4.69) is 44.2 Å². The second kappa shape index (κ2) is 8.10. The van der Waals surface area contributed by atoms with Gasteiger partial charge in [0.05, 0.1) is 5.39 Å². The maximum Gasteiger partial charge on any atom is 0.220 e. The zero-order chi connectivity index (χ0) is 19.5. The van der Waals surface area contributed by atoms with Gasteiger partial charge in [0, 0.05) is 42.2 Å². The molecule has 1 fully saturated rings. The van der Waals surface area contributed by atoms with E-state index in [1.165, 1.54) is 4.88 Å². The number of thiophene rings is 1. The first kappa shape index (κ1) is 18.6. The number of carbonyl (C=O) groups is 1. The predicted molar refractivity (Wildman–Crippen MR) is 112 cm³/mol. The third-order valence-corrected chi connectivity index (χ3v) is 6.43. The fourth-order valence-electron chi connectivity index (χ4n) is 3.63. The summed E-state index contributed by atoms with van der Waals surface area (Å²) in [4.78, 5) is 29.4. The summed E-state index contributed by atoms with van der Waals surface area (Å²) in [6, 6.07) is 6.20. The number of piperidine rings is 1. The number of pyridine rings is 1. The highest BCUT2D eigenvalue weighted by molar-refractivity contribution is 7.18. The van der Waals surface area contributed by atoms with Crippen LogP contribution in [0, 0.1) is 5.92 Å². The van der Waals surface area contributed by atoms with Crippen molar-refractivity contribution < 1.29 is 4.79 Å². The average molecular weight is 397 g/mol. The Morgan fingerprint density at radius 3 is 2.89 bits per heavy atom. The number of nitrogens with zero attached hydrogens (tertiary/aromatic N) is 4. The molecule has 146 valence electrons. The summed E-state index contributed by atoms with van der Waals surface area (Å²) in [5, 5.41) is 4.53. The van der Waals surface area contributed by atoms with Crippen molar-refractivity contribution >= 4 is 39.1 Å². The lowest BCUT2D eigenvalue weighted by Crippen LogP contribution is -2.39. The molecule has 1 amide bonds. The lowest BCUT2D eigenvalue weighted by atomic mass is 9.96. The molecular formula is C20H24N6OS. The van der Waals surface area contributed by atoms with Gasteiger partial charge in [0.2, 0.25) is 5.91 Å². The van der Waals surface area contributed by atoms with Crippen molar-refractivity contribution in [2.24, 2.45) is 11.7 Å². The van der Waals surface area contributed by atoms with Crippen molar-refractivity contribution in [3.8, 4) is 0 Å². The Hall–Kier alpha value is -2.74. The van der Waals surface area contributed by atoms with Crippen LogP contribution in [0.5, 0.6) is 0 Å². The molecule has 1 aliphatic heterocycles. The van der Waals surface area contributed by atoms with Crippen LogP contribution in [0.4, 0.5) is 11.6 Å². The fourth-order valence-corrected chi connectivity index (χ4v) is 4.56. The Kier molecular flexibility index (Phi) is 5.38. The van der Waals surface area contributed by atoms with Crippen LogP contribution in [0.3, 0.4) is 0 Å². The van der Waals surface area contributed by atoms with Crippen LogP contribution in [0.2, 0.25) is 0 Å². The summed E-state index contributed by atoms with van der Waals surface area (Å²) < 4.78 is 0. The largest absolute Gasteiger partial charge is 0.369 e. The molecule has 0 radical (unpaired) electrons. The molecule has 3 aromatic heterocycles. The van der Waals surface area contributed by atoms with Gasteiger partial charge in [-0.15, -0.1) is 11.3 Å². The van der Waals surface area contributed by atoms with Crippen molar-refractivity contribution in [3.63, 3.8) is 0 Å². The zero-order valence-electron chi connectivity index (χ0n) is 15.9. The number of fused-ring (bicyclic) bond motifs is 1. The highest BCUT2D eigenvalue weighted by Crippen LogP contribution is 2.29. The number of anilines is 2. The molecule has 28 heavy (non-hydrogen) atoms. The topological polar surface area (TPSA) is 97.0 Å². The van der Waals surface area contributed by atoms with Crippen LogP contribution < -0.4 is 16.0 Å². The molecule has 0 spiro atoms. The van der Waals surface area contributed by atoms with Crippen molar-refractivity contribution in [2.75, 3.05) is 23.3 Å². The molecule has 4 heterocycles. The number of primary amides is 1. The molecule has 0 aromatic carbocycles. The molecular weight excluding hydrogens is 372 g/mol. The first-order chi connectivity index (χ1) is 13.7. The number of hydrogen-bond acceptors (Lipinski definition) is 7. The maximum atomic E-state index is 11.4. The quantitative estimate of drug-likeness (QED) is 0.665. The van der Waals surface area contributed by atoms with Crippen LogP contribution in [-0.2, 0) is 17.8 Å². The summed E-state index contributed by atoms with van der Waals surface area (Å²) in [5.41, 5.74) is 6.57. The normalized spacial score (nSPS) is 15.1. The SMILES string of the molecule is CCc1cc2c(NCc3cccnc3N3CCC(C(N)=O)CC3)ncnc2s1. The third kappa shape index (κ3) is 3.77. The molecule has 0 bridgehead atoms. The number of aromatic nitrogens is 3. The van der Waals surface area contributed by atoms with Crippen molar-refractivity contribution in [1.82, 2.24) is 15.0 Å². The zero-order valence-corrected chi connectivity index (χ0v) is 16.7. The Bertz CT molecular complexity index is 980. The summed E-state index contributed by atoms with van der Waals surface area (Å²) in [5.74, 6) is 1.59. The minimum Gasteiger partial charge on any atom is -0.369 e. The predicted octanol–water partition coefficient (Wildman–Crippen LogP) is 2.96. The van der Waals surface area contributed by atoms with E-state index < -0.39 is 0 Å². The standard InChI is InChI=1S/C20H24N6OS/c1-2-15-10-16-18(24-12-25-20(16)28-15)23-11-14-4-3-7-22-19(14)26-8-5-13(6-9-26)17(21)27/h3-4,7,10,12-13H,2,5-6,8-9,11H2,1H3,(H2,21,27)(H,23,24,25). The lowest BCUT2D eigenvalue weighted by Gasteiger charge is -2.32. The molecule has 3 N–H and O–H groups in total. The Labute approximate surface area is 168 Å². The van der Waals surface area contributed by atoms with Gasteiger partial charge in [-0.1, -0.05) is 13.0 Å². The number of rotatable bonds is 6. The highest BCUT2D eigenvalue weighted by Gasteiger charge is 2.25. The Morgan fingerprint density at radius 1 is 1.32 bits per heavy atom. The van der Waals surface area contributed by atoms with Crippen LogP contribution >= 0.6 is 11.3 Å². The fraction of sp³-hybridized carbons (Fsp3) is 0.400. The number of carbonyl (C=O) groups excluding carboxylic acids is 1. The van der Waals surface area contributed by atoms with Crippen molar-refractivity contribution in [3.05, 3.63) is 41.2 Å². The van der Waals surface area contributed by atoms with E-state index >= 15 is 0 Å². The van der Waals surface area contributed by atoms with Gasteiger partial charge in [-0.25, -0.2) is 15.0 Å². The Morgan fingerprint density at radius 2 is 2.14 bits per heavy atom. The van der Waals surface area contributed by atoms with Crippen molar-refractivity contribution in [2.45, 2.75) is 32.7 Å². The molecule has 0 unspecified atom stereocenters. The van der Waals surface area contributed by atoms with E-state index in [9.17, 15) is 4.79 Å². The monoisotopic (exact) mass is 396 g/mol. The molecule has 4 rings (SSSR count). The van der Waals surface area contributed by atoms with Gasteiger partial charge < -0.3 is 16.0 Å². The summed E-state index contributed by atoms with van der Waals surface area (Å²) in [6.45, 7) is 4.36. The van der Waals surface area contributed by atoms with Gasteiger partial charge in [0.25, 0.3) is 0 Å². The van der Waals surface area contributed by atoms with Gasteiger partial charge in [0.15, 0.2) is 0 Å². The molecule has 1 aliphatic rings. The molecule has 1 saturated heterocycles. The molecule has 3 aromatic rings. The maximum absolute atomic E-state index is 11.4. The molecule has 0 atom stereocenters. The summed E-state index contributed by atoms with van der Waals surface area (Å²) in [6.07, 6.45) is 5.97. The number of amides is 1. The lowest BCUT2D eigenvalue weighted by molar-refractivity contribution is -0.122. The smallest absolute Gasteiger partial charge is 0.220 e. The third-order valence-electron chi connectivity index (χ3n) is 5.24. The van der Waals surface area contributed by atoms with Crippen LogP contribution in [0.25, 0.3) is 10.2 Å². The van der Waals surface area contributed by atoms with Gasteiger partial charge in [-0.2, -0.15) is 0 Å². The second-order valence-electron chi connectivity index (χ2n) is 7.01. The van der Waals surface area contributed by atoms with E-state index in [1.807, 2.05) is 12.3 Å². The van der Waals surface area contributed by atoms with E-state index in [0.29, 0.717) is 6.54 Å². The first-order valence-electron chi connectivity index (χ1n) is 9.61. The first-order valence-corrected chi connectivity index (χ1v) is 10.4. The van der Waals surface area contributed by atoms with E-state index in [0.717, 1.165) is 59.8 Å².